The van der Waals surface area contributed by atoms with Crippen LogP contribution in [0.5, 0.6) is 5.88 Å². The molecule has 0 bridgehead atoms. The summed E-state index contributed by atoms with van der Waals surface area (Å²) in [5, 5.41) is 9.54. The van der Waals surface area contributed by atoms with Gasteiger partial charge >= 0.3 is 0 Å². The summed E-state index contributed by atoms with van der Waals surface area (Å²) in [6.07, 6.45) is 1.62. The molecule has 0 saturated heterocycles. The van der Waals surface area contributed by atoms with Gasteiger partial charge in [-0.3, -0.25) is 0 Å². The molecule has 0 aliphatic rings. The van der Waals surface area contributed by atoms with Crippen LogP contribution in [0.2, 0.25) is 0 Å². The summed E-state index contributed by atoms with van der Waals surface area (Å²) in [4.78, 5) is 8.50. The SMILES string of the molecule is COc1ccnc(Sc2nnc(-c3ccccc3F)n2CC(C)C)n1. The van der Waals surface area contributed by atoms with Gasteiger partial charge in [0, 0.05) is 18.8 Å². The van der Waals surface area contributed by atoms with E-state index in [9.17, 15) is 4.39 Å². The maximum absolute atomic E-state index is 14.2. The van der Waals surface area contributed by atoms with E-state index in [1.165, 1.54) is 17.8 Å². The summed E-state index contributed by atoms with van der Waals surface area (Å²) in [6.45, 7) is 4.83. The van der Waals surface area contributed by atoms with E-state index in [1.807, 2.05) is 4.57 Å². The summed E-state index contributed by atoms with van der Waals surface area (Å²) < 4.78 is 21.2. The van der Waals surface area contributed by atoms with Gasteiger partial charge in [0.15, 0.2) is 16.1 Å². The first-order valence-electron chi connectivity index (χ1n) is 7.81. The lowest BCUT2D eigenvalue weighted by atomic mass is 10.2. The van der Waals surface area contributed by atoms with Crippen LogP contribution in [0.4, 0.5) is 4.39 Å². The summed E-state index contributed by atoms with van der Waals surface area (Å²) in [6, 6.07) is 8.23. The zero-order chi connectivity index (χ0) is 17.8. The molecule has 0 atom stereocenters. The lowest BCUT2D eigenvalue weighted by Crippen LogP contribution is -2.08. The van der Waals surface area contributed by atoms with Crippen LogP contribution in [0.1, 0.15) is 13.8 Å². The highest BCUT2D eigenvalue weighted by Gasteiger charge is 2.19. The molecule has 0 radical (unpaired) electrons. The molecule has 0 aliphatic carbocycles. The van der Waals surface area contributed by atoms with Gasteiger partial charge in [-0.25, -0.2) is 9.37 Å². The van der Waals surface area contributed by atoms with Crippen LogP contribution in [0.15, 0.2) is 46.8 Å². The van der Waals surface area contributed by atoms with Crippen LogP contribution in [-0.2, 0) is 6.54 Å². The number of methoxy groups -OCH3 is 1. The molecule has 3 rings (SSSR count). The standard InChI is InChI=1S/C17H18FN5OS/c1-11(2)10-23-15(12-6-4-5-7-13(12)18)21-22-17(23)25-16-19-9-8-14(20-16)24-3/h4-9,11H,10H2,1-3H3. The predicted molar refractivity (Wildman–Crippen MR) is 93.0 cm³/mol. The molecule has 1 aromatic carbocycles. The quantitative estimate of drug-likeness (QED) is 0.626. The molecule has 8 heteroatoms. The Bertz CT molecular complexity index is 868. The van der Waals surface area contributed by atoms with Crippen LogP contribution < -0.4 is 4.74 Å². The fraction of sp³-hybridized carbons (Fsp3) is 0.294. The van der Waals surface area contributed by atoms with E-state index in [0.717, 1.165) is 0 Å². The van der Waals surface area contributed by atoms with Crippen LogP contribution in [0.25, 0.3) is 11.4 Å². The lowest BCUT2D eigenvalue weighted by Gasteiger charge is -2.12. The van der Waals surface area contributed by atoms with Crippen molar-refractivity contribution >= 4 is 11.8 Å². The Morgan fingerprint density at radius 1 is 1.20 bits per heavy atom. The molecule has 0 amide bonds. The van der Waals surface area contributed by atoms with E-state index in [4.69, 9.17) is 4.74 Å². The molecule has 0 fully saturated rings. The molecule has 0 N–H and O–H groups in total. The second-order valence-corrected chi connectivity index (χ2v) is 6.71. The molecule has 0 aliphatic heterocycles. The van der Waals surface area contributed by atoms with Gasteiger partial charge in [-0.05, 0) is 29.8 Å². The third-order valence-corrected chi connectivity index (χ3v) is 4.24. The van der Waals surface area contributed by atoms with Gasteiger partial charge in [0.1, 0.15) is 5.82 Å². The topological polar surface area (TPSA) is 65.7 Å². The zero-order valence-corrected chi connectivity index (χ0v) is 15.0. The molecule has 0 spiro atoms. The Kier molecular flexibility index (Phi) is 5.28. The minimum atomic E-state index is -0.325. The highest BCUT2D eigenvalue weighted by Crippen LogP contribution is 2.30. The third-order valence-electron chi connectivity index (χ3n) is 3.38. The molecule has 2 aromatic heterocycles. The van der Waals surface area contributed by atoms with Crippen molar-refractivity contribution in [3.05, 3.63) is 42.3 Å². The molecule has 3 aromatic rings. The van der Waals surface area contributed by atoms with Crippen molar-refractivity contribution in [2.24, 2.45) is 5.92 Å². The first-order valence-corrected chi connectivity index (χ1v) is 8.63. The zero-order valence-electron chi connectivity index (χ0n) is 14.2. The Hall–Kier alpha value is -2.48. The number of nitrogens with zero attached hydrogens (tertiary/aromatic N) is 5. The average molecular weight is 359 g/mol. The van der Waals surface area contributed by atoms with Gasteiger partial charge in [-0.2, -0.15) is 4.98 Å². The van der Waals surface area contributed by atoms with Crippen LogP contribution in [0, 0.1) is 11.7 Å². The Morgan fingerprint density at radius 2 is 2.00 bits per heavy atom. The minimum Gasteiger partial charge on any atom is -0.481 e. The molecule has 0 saturated carbocycles. The second kappa shape index (κ2) is 7.60. The van der Waals surface area contributed by atoms with Crippen LogP contribution >= 0.6 is 11.8 Å². The molecule has 6 nitrogen and oxygen atoms in total. The van der Waals surface area contributed by atoms with Crippen molar-refractivity contribution in [2.75, 3.05) is 7.11 Å². The van der Waals surface area contributed by atoms with E-state index in [0.29, 0.717) is 40.0 Å². The lowest BCUT2D eigenvalue weighted by molar-refractivity contribution is 0.392. The molecule has 2 heterocycles. The number of halogens is 1. The Balaban J connectivity index is 2.00. The van der Waals surface area contributed by atoms with Gasteiger partial charge < -0.3 is 9.30 Å². The van der Waals surface area contributed by atoms with Crippen molar-refractivity contribution < 1.29 is 9.13 Å². The van der Waals surface area contributed by atoms with Crippen LogP contribution in [-0.4, -0.2) is 31.8 Å². The number of aromatic nitrogens is 5. The summed E-state index contributed by atoms with van der Waals surface area (Å²) in [5.41, 5.74) is 0.425. The van der Waals surface area contributed by atoms with Crippen molar-refractivity contribution in [3.63, 3.8) is 0 Å². The summed E-state index contributed by atoms with van der Waals surface area (Å²) >= 11 is 1.27. The van der Waals surface area contributed by atoms with Crippen molar-refractivity contribution in [2.45, 2.75) is 30.7 Å². The monoisotopic (exact) mass is 359 g/mol. The Labute approximate surface area is 149 Å². The number of benzene rings is 1. The Morgan fingerprint density at radius 3 is 2.72 bits per heavy atom. The smallest absolute Gasteiger partial charge is 0.217 e. The van der Waals surface area contributed by atoms with E-state index < -0.39 is 0 Å². The first kappa shape index (κ1) is 17.3. The third kappa shape index (κ3) is 3.96. The predicted octanol–water partition coefficient (Wildman–Crippen LogP) is 3.69. The molecular formula is C17H18FN5OS. The number of ether oxygens (including phenoxy) is 1. The highest BCUT2D eigenvalue weighted by atomic mass is 32.2. The number of hydrogen-bond donors (Lipinski definition) is 0. The normalized spacial score (nSPS) is 11.1. The second-order valence-electron chi connectivity index (χ2n) is 5.77. The van der Waals surface area contributed by atoms with E-state index in [-0.39, 0.29) is 5.82 Å². The maximum atomic E-state index is 14.2. The fourth-order valence-electron chi connectivity index (χ4n) is 2.31. The molecule has 130 valence electrons. The minimum absolute atomic E-state index is 0.325. The summed E-state index contributed by atoms with van der Waals surface area (Å²) in [5.74, 6) is 0.986. The average Bonchev–Trinajstić information content (AvgIpc) is 2.97. The van der Waals surface area contributed by atoms with Crippen molar-refractivity contribution in [1.29, 1.82) is 0 Å². The molecular weight excluding hydrogens is 341 g/mol. The van der Waals surface area contributed by atoms with Gasteiger partial charge in [-0.15, -0.1) is 10.2 Å². The fourth-order valence-corrected chi connectivity index (χ4v) is 3.07. The molecule has 25 heavy (non-hydrogen) atoms. The first-order chi connectivity index (χ1) is 12.1. The van der Waals surface area contributed by atoms with Gasteiger partial charge in [0.05, 0.1) is 12.7 Å². The van der Waals surface area contributed by atoms with Gasteiger partial charge in [0.2, 0.25) is 5.88 Å². The maximum Gasteiger partial charge on any atom is 0.217 e. The highest BCUT2D eigenvalue weighted by molar-refractivity contribution is 7.99. The van der Waals surface area contributed by atoms with Crippen molar-refractivity contribution in [1.82, 2.24) is 24.7 Å². The van der Waals surface area contributed by atoms with Crippen LogP contribution in [0.3, 0.4) is 0 Å². The van der Waals surface area contributed by atoms with Gasteiger partial charge in [0.25, 0.3) is 0 Å². The summed E-state index contributed by atoms with van der Waals surface area (Å²) in [7, 11) is 1.55. The molecule has 0 unspecified atom stereocenters. The number of rotatable bonds is 6. The van der Waals surface area contributed by atoms with E-state index >= 15 is 0 Å². The van der Waals surface area contributed by atoms with Crippen molar-refractivity contribution in [3.8, 4) is 17.3 Å². The number of hydrogen-bond acceptors (Lipinski definition) is 6. The largest absolute Gasteiger partial charge is 0.481 e. The van der Waals surface area contributed by atoms with E-state index in [2.05, 4.69) is 34.0 Å². The van der Waals surface area contributed by atoms with Gasteiger partial charge in [-0.1, -0.05) is 26.0 Å². The van der Waals surface area contributed by atoms with E-state index in [1.54, 1.807) is 37.6 Å².